The number of nitrogens with zero attached hydrogens (tertiary/aromatic N) is 3. The van der Waals surface area contributed by atoms with Crippen molar-refractivity contribution in [1.29, 1.82) is 10.5 Å². The number of pyridine rings is 1. The van der Waals surface area contributed by atoms with Crippen molar-refractivity contribution in [3.8, 4) is 12.1 Å². The molecule has 9 heteroatoms. The van der Waals surface area contributed by atoms with Crippen LogP contribution in [0.1, 0.15) is 6.42 Å². The number of hydrogen-bond donors (Lipinski definition) is 1. The van der Waals surface area contributed by atoms with Gasteiger partial charge in [0.25, 0.3) is 5.56 Å². The summed E-state index contributed by atoms with van der Waals surface area (Å²) in [6, 6.07) is 4.81. The van der Waals surface area contributed by atoms with Gasteiger partial charge in [0.15, 0.2) is 5.82 Å². The predicted octanol–water partition coefficient (Wildman–Crippen LogP) is 1.43. The number of nitriles is 2. The van der Waals surface area contributed by atoms with Gasteiger partial charge >= 0.3 is 0 Å². The Hall–Kier alpha value is -2.39. The monoisotopic (exact) mass is 338 g/mol. The van der Waals surface area contributed by atoms with Gasteiger partial charge in [-0.05, 0) is 6.42 Å². The highest BCUT2D eigenvalue weighted by Crippen LogP contribution is 2.38. The Morgan fingerprint density at radius 2 is 2.22 bits per heavy atom. The van der Waals surface area contributed by atoms with Crippen LogP contribution in [0, 0.1) is 34.4 Å². The molecule has 0 radical (unpaired) electrons. The minimum absolute atomic E-state index is 0.0232. The second-order valence-electron chi connectivity index (χ2n) is 4.90. The van der Waals surface area contributed by atoms with E-state index in [1.54, 1.807) is 0 Å². The molecule has 3 atom stereocenters. The molecular weight excluding hydrogens is 326 g/mol. The topological polar surface area (TPSA) is 98.7 Å². The van der Waals surface area contributed by atoms with Crippen LogP contribution in [0.25, 0.3) is 0 Å². The van der Waals surface area contributed by atoms with Gasteiger partial charge in [-0.15, -0.1) is 11.8 Å². The minimum atomic E-state index is -1.10. The van der Waals surface area contributed by atoms with Gasteiger partial charge in [-0.25, -0.2) is 8.78 Å². The van der Waals surface area contributed by atoms with E-state index in [4.69, 9.17) is 10.5 Å². The van der Waals surface area contributed by atoms with E-state index in [-0.39, 0.29) is 18.7 Å². The molecule has 0 aromatic carbocycles. The van der Waals surface area contributed by atoms with Crippen molar-refractivity contribution in [3.63, 3.8) is 0 Å². The van der Waals surface area contributed by atoms with E-state index in [1.807, 2.05) is 12.1 Å². The zero-order valence-electron chi connectivity index (χ0n) is 11.8. The number of carbonyl (C=O) groups excluding carboxylic acids is 1. The normalized spacial score (nSPS) is 23.0. The summed E-state index contributed by atoms with van der Waals surface area (Å²) in [7, 11) is 0. The highest BCUT2D eigenvalue weighted by atomic mass is 32.2. The van der Waals surface area contributed by atoms with Crippen LogP contribution in [0.3, 0.4) is 0 Å². The Labute approximate surface area is 134 Å². The second-order valence-corrected chi connectivity index (χ2v) is 6.25. The Morgan fingerprint density at radius 1 is 1.48 bits per heavy atom. The standard InChI is InChI=1S/C14H12F2N4O2S/c15-1-2-20-7-9(4-10(16)14(20)22)19-13(21)11-3-8(5-17)12(6-18)23-11/h4,7-8,11-12H,1-3H2,(H,19,21). The first-order chi connectivity index (χ1) is 11.0. The molecule has 120 valence electrons. The van der Waals surface area contributed by atoms with Crippen LogP contribution >= 0.6 is 11.8 Å². The molecule has 0 bridgehead atoms. The second kappa shape index (κ2) is 7.25. The fourth-order valence-electron chi connectivity index (χ4n) is 2.24. The molecule has 1 N–H and O–H groups in total. The first-order valence-corrected chi connectivity index (χ1v) is 7.66. The highest BCUT2D eigenvalue weighted by Gasteiger charge is 2.39. The minimum Gasteiger partial charge on any atom is -0.324 e. The maximum atomic E-state index is 13.5. The first kappa shape index (κ1) is 17.0. The third-order valence-corrected chi connectivity index (χ3v) is 4.83. The van der Waals surface area contributed by atoms with Crippen molar-refractivity contribution in [3.05, 3.63) is 28.4 Å². The van der Waals surface area contributed by atoms with Crippen molar-refractivity contribution >= 4 is 23.4 Å². The smallest absolute Gasteiger partial charge is 0.286 e. The molecule has 1 aromatic rings. The van der Waals surface area contributed by atoms with Gasteiger partial charge in [0.1, 0.15) is 11.9 Å². The summed E-state index contributed by atoms with van der Waals surface area (Å²) < 4.78 is 26.7. The van der Waals surface area contributed by atoms with Crippen molar-refractivity contribution in [2.24, 2.45) is 5.92 Å². The molecule has 23 heavy (non-hydrogen) atoms. The molecule has 6 nitrogen and oxygen atoms in total. The number of halogens is 2. The van der Waals surface area contributed by atoms with Gasteiger partial charge < -0.3 is 9.88 Å². The van der Waals surface area contributed by atoms with E-state index < -0.39 is 40.4 Å². The number of hydrogen-bond acceptors (Lipinski definition) is 5. The summed E-state index contributed by atoms with van der Waals surface area (Å²) in [6.07, 6.45) is 1.38. The Kier molecular flexibility index (Phi) is 5.35. The zero-order valence-corrected chi connectivity index (χ0v) is 12.6. The molecule has 1 aliphatic heterocycles. The molecule has 1 fully saturated rings. The maximum absolute atomic E-state index is 13.5. The van der Waals surface area contributed by atoms with Crippen molar-refractivity contribution in [1.82, 2.24) is 4.57 Å². The molecule has 1 aromatic heterocycles. The molecular formula is C14H12F2N4O2S. The lowest BCUT2D eigenvalue weighted by Gasteiger charge is -2.12. The Morgan fingerprint density at radius 3 is 2.78 bits per heavy atom. The van der Waals surface area contributed by atoms with Crippen LogP contribution in [-0.2, 0) is 11.3 Å². The quantitative estimate of drug-likeness (QED) is 0.895. The third-order valence-electron chi connectivity index (χ3n) is 3.37. The molecule has 1 amide bonds. The lowest BCUT2D eigenvalue weighted by Crippen LogP contribution is -2.27. The maximum Gasteiger partial charge on any atom is 0.286 e. The number of thioether (sulfide) groups is 1. The number of anilines is 1. The lowest BCUT2D eigenvalue weighted by atomic mass is 10.0. The molecule has 0 aliphatic carbocycles. The number of alkyl halides is 1. The molecule has 0 saturated carbocycles. The van der Waals surface area contributed by atoms with E-state index in [1.165, 1.54) is 0 Å². The number of carbonyl (C=O) groups is 1. The molecule has 2 heterocycles. The van der Waals surface area contributed by atoms with Gasteiger partial charge in [-0.2, -0.15) is 10.5 Å². The van der Waals surface area contributed by atoms with Gasteiger partial charge in [0.2, 0.25) is 5.91 Å². The Balaban J connectivity index is 2.14. The summed E-state index contributed by atoms with van der Waals surface area (Å²) >= 11 is 1.07. The van der Waals surface area contributed by atoms with Crippen LogP contribution in [-0.4, -0.2) is 27.6 Å². The molecule has 0 spiro atoms. The van der Waals surface area contributed by atoms with Crippen LogP contribution in [0.2, 0.25) is 0 Å². The summed E-state index contributed by atoms with van der Waals surface area (Å²) in [5.74, 6) is -2.13. The number of rotatable bonds is 4. The van der Waals surface area contributed by atoms with Crippen LogP contribution in [0.5, 0.6) is 0 Å². The number of amides is 1. The zero-order chi connectivity index (χ0) is 17.0. The van der Waals surface area contributed by atoms with Gasteiger partial charge in [-0.1, -0.05) is 0 Å². The van der Waals surface area contributed by atoms with Gasteiger partial charge in [-0.3, -0.25) is 9.59 Å². The highest BCUT2D eigenvalue weighted by molar-refractivity contribution is 8.01. The largest absolute Gasteiger partial charge is 0.324 e. The van der Waals surface area contributed by atoms with E-state index >= 15 is 0 Å². The third kappa shape index (κ3) is 3.69. The molecule has 3 unspecified atom stereocenters. The fourth-order valence-corrected chi connectivity index (χ4v) is 3.52. The molecule has 2 rings (SSSR count). The van der Waals surface area contributed by atoms with Crippen LogP contribution in [0.4, 0.5) is 14.5 Å². The molecule has 1 saturated heterocycles. The first-order valence-electron chi connectivity index (χ1n) is 6.71. The lowest BCUT2D eigenvalue weighted by molar-refractivity contribution is -0.115. The number of nitrogens with one attached hydrogen (secondary N) is 1. The summed E-state index contributed by atoms with van der Waals surface area (Å²) in [4.78, 5) is 23.6. The SMILES string of the molecule is N#CC1CC(C(=O)Nc2cc(F)c(=O)n(CCF)c2)SC1C#N. The number of aryl methyl sites for hydroxylation is 1. The Bertz CT molecular complexity index is 731. The average molecular weight is 338 g/mol. The van der Waals surface area contributed by atoms with E-state index in [2.05, 4.69) is 5.32 Å². The predicted molar refractivity (Wildman–Crippen MR) is 79.8 cm³/mol. The van der Waals surface area contributed by atoms with Crippen LogP contribution in [0.15, 0.2) is 17.1 Å². The van der Waals surface area contributed by atoms with E-state index in [0.717, 1.165) is 28.6 Å². The summed E-state index contributed by atoms with van der Waals surface area (Å²) in [6.45, 7) is -1.16. The number of aromatic nitrogens is 1. The van der Waals surface area contributed by atoms with E-state index in [9.17, 15) is 18.4 Å². The average Bonchev–Trinajstić information content (AvgIpc) is 2.95. The van der Waals surface area contributed by atoms with Gasteiger partial charge in [0, 0.05) is 12.3 Å². The fraction of sp³-hybridized carbons (Fsp3) is 0.429. The summed E-state index contributed by atoms with van der Waals surface area (Å²) in [5.41, 5.74) is -0.944. The van der Waals surface area contributed by atoms with Crippen molar-refractivity contribution < 1.29 is 13.6 Å². The molecule has 1 aliphatic rings. The van der Waals surface area contributed by atoms with Crippen LogP contribution < -0.4 is 10.9 Å². The summed E-state index contributed by atoms with van der Waals surface area (Å²) in [5, 5.41) is 19.1. The van der Waals surface area contributed by atoms with E-state index in [0.29, 0.717) is 0 Å². The van der Waals surface area contributed by atoms with Gasteiger partial charge in [0.05, 0.1) is 35.5 Å². The van der Waals surface area contributed by atoms with Crippen molar-refractivity contribution in [2.75, 3.05) is 12.0 Å². The van der Waals surface area contributed by atoms with Crippen molar-refractivity contribution in [2.45, 2.75) is 23.5 Å².